The van der Waals surface area contributed by atoms with Gasteiger partial charge in [0.2, 0.25) is 0 Å². The van der Waals surface area contributed by atoms with Crippen molar-refractivity contribution in [3.05, 3.63) is 82.4 Å². The summed E-state index contributed by atoms with van der Waals surface area (Å²) in [5, 5.41) is 11.1. The highest BCUT2D eigenvalue weighted by atomic mass is 35.5. The maximum absolute atomic E-state index is 6.16. The Bertz CT molecular complexity index is 1440. The van der Waals surface area contributed by atoms with Crippen molar-refractivity contribution >= 4 is 40.1 Å². The van der Waals surface area contributed by atoms with Gasteiger partial charge in [-0.2, -0.15) is 5.10 Å². The maximum Gasteiger partial charge on any atom is 0.170 e. The third-order valence-corrected chi connectivity index (χ3v) is 6.13. The van der Waals surface area contributed by atoms with E-state index in [9.17, 15) is 0 Å². The standard InChI is InChI=1S/C23H16Cl2N6O/c24-15-6-4-14(5-7-15)21-18-8-9-30(12-20(18)29-32-21)22-19-11-28-31(23(19)27-13-26-22)17-3-1-2-16(25)10-17/h1-7,10-11,13H,8-9,12H2. The molecule has 1 aliphatic rings. The van der Waals surface area contributed by atoms with Crippen LogP contribution in [-0.4, -0.2) is 31.4 Å². The minimum atomic E-state index is 0.598. The first-order chi connectivity index (χ1) is 15.7. The molecule has 0 radical (unpaired) electrons. The van der Waals surface area contributed by atoms with Gasteiger partial charge in [0.05, 0.1) is 23.8 Å². The lowest BCUT2D eigenvalue weighted by Crippen LogP contribution is -2.31. The Morgan fingerprint density at radius 3 is 2.69 bits per heavy atom. The summed E-state index contributed by atoms with van der Waals surface area (Å²) in [4.78, 5) is 11.2. The lowest BCUT2D eigenvalue weighted by molar-refractivity contribution is 0.423. The lowest BCUT2D eigenvalue weighted by atomic mass is 10.0. The van der Waals surface area contributed by atoms with Crippen LogP contribution in [-0.2, 0) is 13.0 Å². The first-order valence-corrected chi connectivity index (χ1v) is 10.9. The zero-order valence-electron chi connectivity index (χ0n) is 16.7. The van der Waals surface area contributed by atoms with E-state index in [1.807, 2.05) is 48.5 Å². The second-order valence-corrected chi connectivity index (χ2v) is 8.46. The Hall–Kier alpha value is -3.42. The fourth-order valence-corrected chi connectivity index (χ4v) is 4.43. The van der Waals surface area contributed by atoms with Crippen molar-refractivity contribution in [3.63, 3.8) is 0 Å². The fraction of sp³-hybridized carbons (Fsp3) is 0.130. The molecule has 6 rings (SSSR count). The summed E-state index contributed by atoms with van der Waals surface area (Å²) < 4.78 is 7.48. The molecule has 1 aliphatic heterocycles. The van der Waals surface area contributed by atoms with E-state index in [1.165, 1.54) is 0 Å². The van der Waals surface area contributed by atoms with Crippen molar-refractivity contribution in [2.24, 2.45) is 0 Å². The molecule has 0 aliphatic carbocycles. The third-order valence-electron chi connectivity index (χ3n) is 5.65. The predicted octanol–water partition coefficient (Wildman–Crippen LogP) is 5.34. The van der Waals surface area contributed by atoms with E-state index >= 15 is 0 Å². The van der Waals surface area contributed by atoms with Crippen LogP contribution in [0.4, 0.5) is 5.82 Å². The van der Waals surface area contributed by atoms with Crippen LogP contribution in [0.3, 0.4) is 0 Å². The normalized spacial score (nSPS) is 13.5. The van der Waals surface area contributed by atoms with Crippen molar-refractivity contribution in [1.82, 2.24) is 24.9 Å². The van der Waals surface area contributed by atoms with Gasteiger partial charge in [-0.15, -0.1) is 0 Å². The van der Waals surface area contributed by atoms with E-state index in [2.05, 4.69) is 25.1 Å². The summed E-state index contributed by atoms with van der Waals surface area (Å²) in [7, 11) is 0. The van der Waals surface area contributed by atoms with Gasteiger partial charge in [0.1, 0.15) is 17.8 Å². The molecule has 9 heteroatoms. The molecule has 0 atom stereocenters. The predicted molar refractivity (Wildman–Crippen MR) is 123 cm³/mol. The van der Waals surface area contributed by atoms with Crippen molar-refractivity contribution in [2.75, 3.05) is 11.4 Å². The Labute approximate surface area is 193 Å². The quantitative estimate of drug-likeness (QED) is 0.360. The first kappa shape index (κ1) is 19.3. The molecular weight excluding hydrogens is 447 g/mol. The Morgan fingerprint density at radius 1 is 0.969 bits per heavy atom. The van der Waals surface area contributed by atoms with Crippen LogP contribution in [0.2, 0.25) is 10.0 Å². The Morgan fingerprint density at radius 2 is 1.84 bits per heavy atom. The number of halogens is 2. The van der Waals surface area contributed by atoms with Crippen molar-refractivity contribution in [3.8, 4) is 17.0 Å². The maximum atomic E-state index is 6.16. The van der Waals surface area contributed by atoms with Crippen LogP contribution >= 0.6 is 23.2 Å². The second kappa shape index (κ2) is 7.62. The van der Waals surface area contributed by atoms with Gasteiger partial charge in [0, 0.05) is 27.7 Å². The molecule has 32 heavy (non-hydrogen) atoms. The van der Waals surface area contributed by atoms with Crippen molar-refractivity contribution in [2.45, 2.75) is 13.0 Å². The molecule has 0 amide bonds. The Balaban J connectivity index is 1.35. The van der Waals surface area contributed by atoms with Gasteiger partial charge in [-0.25, -0.2) is 14.6 Å². The zero-order chi connectivity index (χ0) is 21.7. The van der Waals surface area contributed by atoms with E-state index in [1.54, 1.807) is 17.2 Å². The molecule has 0 unspecified atom stereocenters. The van der Waals surface area contributed by atoms with E-state index in [4.69, 9.17) is 27.7 Å². The van der Waals surface area contributed by atoms with E-state index < -0.39 is 0 Å². The molecule has 0 N–H and O–H groups in total. The summed E-state index contributed by atoms with van der Waals surface area (Å²) in [6.07, 6.45) is 4.16. The molecular formula is C23H16Cl2N6O. The number of nitrogens with zero attached hydrogens (tertiary/aromatic N) is 6. The topological polar surface area (TPSA) is 72.9 Å². The fourth-order valence-electron chi connectivity index (χ4n) is 4.12. The van der Waals surface area contributed by atoms with Gasteiger partial charge >= 0.3 is 0 Å². The average molecular weight is 463 g/mol. The van der Waals surface area contributed by atoms with Crippen LogP contribution in [0.15, 0.2) is 65.6 Å². The smallest absolute Gasteiger partial charge is 0.170 e. The highest BCUT2D eigenvalue weighted by molar-refractivity contribution is 6.31. The summed E-state index contributed by atoms with van der Waals surface area (Å²) in [6.45, 7) is 1.38. The minimum Gasteiger partial charge on any atom is -0.356 e. The number of benzene rings is 2. The van der Waals surface area contributed by atoms with Gasteiger partial charge in [0.15, 0.2) is 11.4 Å². The highest BCUT2D eigenvalue weighted by Gasteiger charge is 2.27. The minimum absolute atomic E-state index is 0.598. The van der Waals surface area contributed by atoms with Crippen LogP contribution in [0, 0.1) is 0 Å². The molecule has 3 aromatic heterocycles. The lowest BCUT2D eigenvalue weighted by Gasteiger charge is -2.27. The monoisotopic (exact) mass is 462 g/mol. The van der Waals surface area contributed by atoms with Gasteiger partial charge in [-0.1, -0.05) is 34.4 Å². The largest absolute Gasteiger partial charge is 0.356 e. The van der Waals surface area contributed by atoms with Gasteiger partial charge in [0.25, 0.3) is 0 Å². The molecule has 158 valence electrons. The van der Waals surface area contributed by atoms with E-state index in [0.717, 1.165) is 58.1 Å². The molecule has 7 nitrogen and oxygen atoms in total. The molecule has 0 saturated carbocycles. The van der Waals surface area contributed by atoms with Crippen molar-refractivity contribution in [1.29, 1.82) is 0 Å². The average Bonchev–Trinajstić information content (AvgIpc) is 3.43. The van der Waals surface area contributed by atoms with E-state index in [-0.39, 0.29) is 0 Å². The number of anilines is 1. The molecule has 2 aromatic carbocycles. The zero-order valence-corrected chi connectivity index (χ0v) is 18.3. The molecule has 0 saturated heterocycles. The third kappa shape index (κ3) is 3.21. The summed E-state index contributed by atoms with van der Waals surface area (Å²) in [5.74, 6) is 1.63. The number of fused-ring (bicyclic) bond motifs is 2. The molecule has 0 fully saturated rings. The number of hydrogen-bond acceptors (Lipinski definition) is 6. The Kier molecular flexibility index (Phi) is 4.59. The first-order valence-electron chi connectivity index (χ1n) is 10.1. The molecule has 5 aromatic rings. The summed E-state index contributed by atoms with van der Waals surface area (Å²) >= 11 is 12.2. The van der Waals surface area contributed by atoms with Gasteiger partial charge in [-0.05, 0) is 48.9 Å². The summed E-state index contributed by atoms with van der Waals surface area (Å²) in [6, 6.07) is 15.1. The van der Waals surface area contributed by atoms with Crippen LogP contribution in [0.5, 0.6) is 0 Å². The number of aromatic nitrogens is 5. The number of hydrogen-bond donors (Lipinski definition) is 0. The van der Waals surface area contributed by atoms with Crippen LogP contribution in [0.25, 0.3) is 28.0 Å². The van der Waals surface area contributed by atoms with Crippen LogP contribution < -0.4 is 4.90 Å². The highest BCUT2D eigenvalue weighted by Crippen LogP contribution is 2.34. The molecule has 0 spiro atoms. The molecule has 0 bridgehead atoms. The summed E-state index contributed by atoms with van der Waals surface area (Å²) in [5.41, 5.74) is 4.59. The van der Waals surface area contributed by atoms with Gasteiger partial charge < -0.3 is 9.42 Å². The second-order valence-electron chi connectivity index (χ2n) is 7.59. The number of rotatable bonds is 3. The molecule has 4 heterocycles. The SMILES string of the molecule is Clc1ccc(-c2onc3c2CCN(c2ncnc4c2cnn4-c2cccc(Cl)c2)C3)cc1. The van der Waals surface area contributed by atoms with E-state index in [0.29, 0.717) is 16.6 Å². The van der Waals surface area contributed by atoms with Crippen molar-refractivity contribution < 1.29 is 4.52 Å². The van der Waals surface area contributed by atoms with Crippen LogP contribution in [0.1, 0.15) is 11.3 Å². The van der Waals surface area contributed by atoms with Gasteiger partial charge in [-0.3, -0.25) is 0 Å².